The summed E-state index contributed by atoms with van der Waals surface area (Å²) in [6.07, 6.45) is 4.63. The third-order valence-electron chi connectivity index (χ3n) is 3.88. The molecule has 0 aliphatic carbocycles. The molecule has 0 aliphatic heterocycles. The number of carbonyl (C=O) groups is 1. The van der Waals surface area contributed by atoms with E-state index >= 15 is 0 Å². The van der Waals surface area contributed by atoms with Crippen LogP contribution in [0.1, 0.15) is 46.0 Å². The highest BCUT2D eigenvalue weighted by atomic mass is 16.6. The van der Waals surface area contributed by atoms with Crippen LogP contribution in [0, 0.1) is 0 Å². The van der Waals surface area contributed by atoms with Crippen LogP contribution >= 0.6 is 0 Å². The van der Waals surface area contributed by atoms with Gasteiger partial charge in [-0.25, -0.2) is 0 Å². The van der Waals surface area contributed by atoms with Gasteiger partial charge in [-0.05, 0) is 32.6 Å². The van der Waals surface area contributed by atoms with Gasteiger partial charge in [-0.15, -0.1) is 0 Å². The van der Waals surface area contributed by atoms with Gasteiger partial charge in [0.15, 0.2) is 0 Å². The molecule has 0 N–H and O–H groups in total. The maximum Gasteiger partial charge on any atom is 0.132 e. The van der Waals surface area contributed by atoms with E-state index in [1.165, 1.54) is 0 Å². The zero-order valence-corrected chi connectivity index (χ0v) is 19.2. The molecule has 0 radical (unpaired) electrons. The standard InChI is InChI=1S/C22H44O8/c1-3-8-24-12-16-28-20-21-30-18-14-26-10-6-4-5-9-25-13-17-29-19-15-27-11-7-22(2)23/h3-21H2,1-2H3. The van der Waals surface area contributed by atoms with Gasteiger partial charge < -0.3 is 33.2 Å². The molecule has 0 saturated carbocycles. The third kappa shape index (κ3) is 27.4. The molecular formula is C22H44O8. The lowest BCUT2D eigenvalue weighted by Crippen LogP contribution is -2.12. The van der Waals surface area contributed by atoms with Crippen molar-refractivity contribution in [2.45, 2.75) is 46.0 Å². The molecule has 30 heavy (non-hydrogen) atoms. The summed E-state index contributed by atoms with van der Waals surface area (Å²) in [6, 6.07) is 0. The molecule has 0 unspecified atom stereocenters. The Morgan fingerprint density at radius 2 is 0.800 bits per heavy atom. The first-order valence-corrected chi connectivity index (χ1v) is 11.3. The summed E-state index contributed by atoms with van der Waals surface area (Å²) in [7, 11) is 0. The number of carbonyl (C=O) groups excluding carboxylic acids is 1. The highest BCUT2D eigenvalue weighted by molar-refractivity contribution is 5.75. The average Bonchev–Trinajstić information content (AvgIpc) is 2.73. The first-order chi connectivity index (χ1) is 14.8. The zero-order valence-electron chi connectivity index (χ0n) is 19.2. The van der Waals surface area contributed by atoms with Crippen LogP contribution in [0.5, 0.6) is 0 Å². The van der Waals surface area contributed by atoms with Gasteiger partial charge >= 0.3 is 0 Å². The van der Waals surface area contributed by atoms with Gasteiger partial charge in [0, 0.05) is 26.2 Å². The monoisotopic (exact) mass is 436 g/mol. The Bertz CT molecular complexity index is 341. The number of hydrogen-bond acceptors (Lipinski definition) is 8. The van der Waals surface area contributed by atoms with E-state index in [4.69, 9.17) is 33.2 Å². The molecule has 180 valence electrons. The lowest BCUT2D eigenvalue weighted by atomic mass is 10.2. The Labute approximate surface area is 182 Å². The maximum atomic E-state index is 10.7. The molecule has 8 heteroatoms. The van der Waals surface area contributed by atoms with Crippen LogP contribution in [0.3, 0.4) is 0 Å². The quantitative estimate of drug-likeness (QED) is 0.191. The second-order valence-corrected chi connectivity index (χ2v) is 6.80. The summed E-state index contributed by atoms with van der Waals surface area (Å²) >= 11 is 0. The minimum absolute atomic E-state index is 0.145. The molecule has 0 aromatic heterocycles. The van der Waals surface area contributed by atoms with Gasteiger partial charge in [-0.2, -0.15) is 0 Å². The number of ketones is 1. The fourth-order valence-electron chi connectivity index (χ4n) is 2.25. The number of ether oxygens (including phenoxy) is 7. The Hall–Kier alpha value is -0.610. The zero-order chi connectivity index (χ0) is 22.0. The second-order valence-electron chi connectivity index (χ2n) is 6.80. The summed E-state index contributed by atoms with van der Waals surface area (Å²) in [5, 5.41) is 0. The number of unbranched alkanes of at least 4 members (excludes halogenated alkanes) is 2. The van der Waals surface area contributed by atoms with Crippen LogP contribution < -0.4 is 0 Å². The number of hydrogen-bond donors (Lipinski definition) is 0. The Morgan fingerprint density at radius 1 is 0.467 bits per heavy atom. The molecule has 0 aliphatic rings. The minimum atomic E-state index is 0.145. The van der Waals surface area contributed by atoms with E-state index < -0.39 is 0 Å². The normalized spacial score (nSPS) is 11.3. The third-order valence-corrected chi connectivity index (χ3v) is 3.88. The summed E-state index contributed by atoms with van der Waals surface area (Å²) < 4.78 is 37.9. The van der Waals surface area contributed by atoms with Crippen molar-refractivity contribution in [3.8, 4) is 0 Å². The fourth-order valence-corrected chi connectivity index (χ4v) is 2.25. The molecule has 0 aromatic rings. The maximum absolute atomic E-state index is 10.7. The van der Waals surface area contributed by atoms with Crippen LogP contribution in [0.25, 0.3) is 0 Å². The molecule has 0 aromatic carbocycles. The molecule has 0 amide bonds. The van der Waals surface area contributed by atoms with Crippen LogP contribution in [0.15, 0.2) is 0 Å². The SMILES string of the molecule is CCCOCCOCCOCCOCCCCCOCCOCCOCCC(C)=O. The van der Waals surface area contributed by atoms with Crippen molar-refractivity contribution < 1.29 is 38.0 Å². The largest absolute Gasteiger partial charge is 0.379 e. The van der Waals surface area contributed by atoms with Crippen molar-refractivity contribution in [2.75, 3.05) is 92.5 Å². The van der Waals surface area contributed by atoms with E-state index in [1.54, 1.807) is 6.92 Å². The van der Waals surface area contributed by atoms with Crippen molar-refractivity contribution in [1.29, 1.82) is 0 Å². The lowest BCUT2D eigenvalue weighted by Gasteiger charge is -2.08. The molecule has 0 bridgehead atoms. The molecule has 0 saturated heterocycles. The van der Waals surface area contributed by atoms with E-state index in [0.717, 1.165) is 45.5 Å². The smallest absolute Gasteiger partial charge is 0.132 e. The van der Waals surface area contributed by atoms with Crippen molar-refractivity contribution in [3.63, 3.8) is 0 Å². The van der Waals surface area contributed by atoms with Crippen LogP contribution in [-0.4, -0.2) is 98.3 Å². The first-order valence-electron chi connectivity index (χ1n) is 11.3. The fraction of sp³-hybridized carbons (Fsp3) is 0.955. The van der Waals surface area contributed by atoms with Gasteiger partial charge in [0.05, 0.1) is 72.7 Å². The van der Waals surface area contributed by atoms with Gasteiger partial charge in [0.25, 0.3) is 0 Å². The second kappa shape index (κ2) is 26.4. The highest BCUT2D eigenvalue weighted by Crippen LogP contribution is 1.97. The Balaban J connectivity index is 2.99. The van der Waals surface area contributed by atoms with Gasteiger partial charge in [-0.3, -0.25) is 4.79 Å². The van der Waals surface area contributed by atoms with E-state index in [-0.39, 0.29) is 5.78 Å². The molecule has 0 fully saturated rings. The van der Waals surface area contributed by atoms with E-state index in [1.807, 2.05) is 0 Å². The molecule has 0 rings (SSSR count). The van der Waals surface area contributed by atoms with Gasteiger partial charge in [0.2, 0.25) is 0 Å². The topological polar surface area (TPSA) is 81.7 Å². The lowest BCUT2D eigenvalue weighted by molar-refractivity contribution is -0.118. The average molecular weight is 437 g/mol. The van der Waals surface area contributed by atoms with Crippen molar-refractivity contribution >= 4 is 5.78 Å². The summed E-state index contributed by atoms with van der Waals surface area (Å²) in [4.78, 5) is 10.7. The van der Waals surface area contributed by atoms with E-state index in [2.05, 4.69) is 6.92 Å². The highest BCUT2D eigenvalue weighted by Gasteiger charge is 1.96. The van der Waals surface area contributed by atoms with E-state index in [0.29, 0.717) is 79.1 Å². The predicted octanol–water partition coefficient (Wildman–Crippen LogP) is 2.66. The van der Waals surface area contributed by atoms with Gasteiger partial charge in [-0.1, -0.05) is 6.92 Å². The van der Waals surface area contributed by atoms with Crippen LogP contribution in [0.4, 0.5) is 0 Å². The summed E-state index contributed by atoms with van der Waals surface area (Å²) in [5.41, 5.74) is 0. The molecule has 0 atom stereocenters. The van der Waals surface area contributed by atoms with Crippen molar-refractivity contribution in [3.05, 3.63) is 0 Å². The first kappa shape index (κ1) is 29.4. The Morgan fingerprint density at radius 3 is 1.17 bits per heavy atom. The summed E-state index contributed by atoms with van der Waals surface area (Å²) in [6.45, 7) is 12.3. The molecule has 0 spiro atoms. The number of rotatable bonds is 26. The molecular weight excluding hydrogens is 392 g/mol. The van der Waals surface area contributed by atoms with Crippen molar-refractivity contribution in [2.24, 2.45) is 0 Å². The van der Waals surface area contributed by atoms with Gasteiger partial charge in [0.1, 0.15) is 5.78 Å². The summed E-state index contributed by atoms with van der Waals surface area (Å²) in [5.74, 6) is 0.145. The van der Waals surface area contributed by atoms with Crippen molar-refractivity contribution in [1.82, 2.24) is 0 Å². The minimum Gasteiger partial charge on any atom is -0.379 e. The Kier molecular flexibility index (Phi) is 25.9. The van der Waals surface area contributed by atoms with E-state index in [9.17, 15) is 4.79 Å². The number of Topliss-reactive ketones (excluding diaryl/α,β-unsaturated/α-hetero) is 1. The van der Waals surface area contributed by atoms with Crippen LogP contribution in [-0.2, 0) is 38.0 Å². The predicted molar refractivity (Wildman–Crippen MR) is 115 cm³/mol. The van der Waals surface area contributed by atoms with Crippen LogP contribution in [0.2, 0.25) is 0 Å². The molecule has 8 nitrogen and oxygen atoms in total. The molecule has 0 heterocycles.